The van der Waals surface area contributed by atoms with Gasteiger partial charge in [0.05, 0.1) is 11.2 Å². The average Bonchev–Trinajstić information content (AvgIpc) is 3.71. The molecule has 4 nitrogen and oxygen atoms in total. The van der Waals surface area contributed by atoms with Crippen molar-refractivity contribution < 1.29 is 0 Å². The zero-order valence-corrected chi connectivity index (χ0v) is 40.2. The maximum atomic E-state index is 5.30. The normalized spacial score (nSPS) is 12.6. The van der Waals surface area contributed by atoms with Gasteiger partial charge in [0, 0.05) is 55.6 Å². The number of hydrogen-bond donors (Lipinski definition) is 0. The van der Waals surface area contributed by atoms with Crippen molar-refractivity contribution in [3.8, 4) is 84.4 Å². The fourth-order valence-electron chi connectivity index (χ4n) is 9.76. The van der Waals surface area contributed by atoms with E-state index in [1.54, 1.807) is 0 Å². The maximum Gasteiger partial charge on any atom is 0.164 e. The van der Waals surface area contributed by atoms with Crippen LogP contribution in [-0.2, 0) is 11.8 Å². The number of benzene rings is 7. The molecule has 0 radical (unpaired) electrons. The van der Waals surface area contributed by atoms with E-state index in [-0.39, 0.29) is 10.8 Å². The molecule has 0 bridgehead atoms. The Hall–Kier alpha value is -8.13. The van der Waals surface area contributed by atoms with Crippen molar-refractivity contribution in [3.63, 3.8) is 0 Å². The molecule has 1 aliphatic rings. The lowest BCUT2D eigenvalue weighted by molar-refractivity contribution is 0.483. The van der Waals surface area contributed by atoms with E-state index in [1.165, 1.54) is 38.9 Å². The molecule has 4 heteroatoms. The number of aromatic nitrogens is 4. The fourth-order valence-corrected chi connectivity index (χ4v) is 9.76. The van der Waals surface area contributed by atoms with Crippen LogP contribution >= 0.6 is 0 Å². The summed E-state index contributed by atoms with van der Waals surface area (Å²) in [5.74, 6) is 1.83. The summed E-state index contributed by atoms with van der Waals surface area (Å²) in [5.41, 5.74) is 18.9. The zero-order valence-electron chi connectivity index (χ0n) is 40.2. The second-order valence-corrected chi connectivity index (χ2v) is 20.3. The lowest BCUT2D eigenvalue weighted by atomic mass is 9.79. The lowest BCUT2D eigenvalue weighted by Crippen LogP contribution is -2.15. The first kappa shape index (κ1) is 43.4. The van der Waals surface area contributed by atoms with Crippen LogP contribution in [-0.4, -0.2) is 19.5 Å². The first-order valence-corrected chi connectivity index (χ1v) is 24.1. The van der Waals surface area contributed by atoms with Crippen LogP contribution in [0.15, 0.2) is 194 Å². The van der Waals surface area contributed by atoms with Crippen molar-refractivity contribution in [1.29, 1.82) is 0 Å². The second kappa shape index (κ2) is 17.5. The van der Waals surface area contributed by atoms with Gasteiger partial charge in [-0.05, 0) is 87.9 Å². The molecule has 10 aromatic rings. The van der Waals surface area contributed by atoms with E-state index in [9.17, 15) is 0 Å². The summed E-state index contributed by atoms with van der Waals surface area (Å²) in [7, 11) is 0. The Labute approximate surface area is 406 Å². The smallest absolute Gasteiger partial charge is 0.164 e. The van der Waals surface area contributed by atoms with Crippen LogP contribution in [0.2, 0.25) is 0 Å². The number of fused-ring (bicyclic) bond motifs is 3. The van der Waals surface area contributed by atoms with Gasteiger partial charge < -0.3 is 4.57 Å². The topological polar surface area (TPSA) is 43.6 Å². The molecule has 0 spiro atoms. The number of hydrogen-bond acceptors (Lipinski definition) is 3. The van der Waals surface area contributed by atoms with Crippen LogP contribution in [0.25, 0.3) is 101 Å². The molecule has 2 aromatic heterocycles. The molecule has 0 amide bonds. The Morgan fingerprint density at radius 1 is 0.420 bits per heavy atom. The minimum absolute atomic E-state index is 0.0279. The maximum absolute atomic E-state index is 5.30. The van der Waals surface area contributed by atoms with E-state index in [4.69, 9.17) is 15.0 Å². The predicted molar refractivity (Wildman–Crippen MR) is 287 cm³/mol. The lowest BCUT2D eigenvalue weighted by Gasteiger charge is -2.28. The number of allylic oxidation sites excluding steroid dienone is 1. The molecule has 334 valence electrons. The van der Waals surface area contributed by atoms with Gasteiger partial charge in [0.2, 0.25) is 0 Å². The van der Waals surface area contributed by atoms with Gasteiger partial charge >= 0.3 is 0 Å². The van der Waals surface area contributed by atoms with Crippen molar-refractivity contribution in [1.82, 2.24) is 19.5 Å². The molecule has 0 saturated heterocycles. The van der Waals surface area contributed by atoms with E-state index >= 15 is 0 Å². The van der Waals surface area contributed by atoms with E-state index in [0.717, 1.165) is 74.2 Å². The van der Waals surface area contributed by atoms with Gasteiger partial charge in [0.25, 0.3) is 0 Å². The molecule has 0 unspecified atom stereocenters. The van der Waals surface area contributed by atoms with Gasteiger partial charge in [0.15, 0.2) is 17.5 Å². The van der Waals surface area contributed by atoms with E-state index in [2.05, 4.69) is 210 Å². The van der Waals surface area contributed by atoms with Crippen LogP contribution < -0.4 is 0 Å². The Balaban J connectivity index is 1.25. The highest BCUT2D eigenvalue weighted by molar-refractivity contribution is 5.99. The highest BCUT2D eigenvalue weighted by Gasteiger charge is 2.30. The Kier molecular flexibility index (Phi) is 11.0. The minimum Gasteiger partial charge on any atom is -0.312 e. The van der Waals surface area contributed by atoms with E-state index in [0.29, 0.717) is 17.5 Å². The average molecular weight is 891 g/mol. The van der Waals surface area contributed by atoms with E-state index < -0.39 is 0 Å². The van der Waals surface area contributed by atoms with Crippen LogP contribution in [0.4, 0.5) is 0 Å². The van der Waals surface area contributed by atoms with Gasteiger partial charge in [-0.25, -0.2) is 15.0 Å². The van der Waals surface area contributed by atoms with Crippen LogP contribution in [0, 0.1) is 17.5 Å². The standard InChI is InChI=1S/C65H54N4/c1-64(2,3)52-35-37-58-56(41-52)57-42-53(65(4,5)6)36-38-59(57)69(58)60-54(47-31-27-45(28-32-47)43-19-11-7-12-20-43)39-51(40-55(60)48-33-29-46(30-34-48)44-21-13-8-14-22-44)63-67-61(49-23-15-9-16-24-49)66-62(68-63)50-25-17-10-18-26-50/h7-29,31-33,35,37,39-42H,36,38H2,1-6H3. The van der Waals surface area contributed by atoms with Crippen molar-refractivity contribution >= 4 is 17.0 Å². The zero-order chi connectivity index (χ0) is 47.3. The van der Waals surface area contributed by atoms with Crippen LogP contribution in [0.1, 0.15) is 64.8 Å². The third-order valence-corrected chi connectivity index (χ3v) is 13.6. The molecular formula is C65H54N4. The molecule has 2 heterocycles. The third-order valence-electron chi connectivity index (χ3n) is 13.6. The molecule has 0 fully saturated rings. The highest BCUT2D eigenvalue weighted by Crippen LogP contribution is 2.47. The van der Waals surface area contributed by atoms with Crippen LogP contribution in [0.5, 0.6) is 0 Å². The van der Waals surface area contributed by atoms with Gasteiger partial charge in [-0.15, -0.1) is 0 Å². The number of nitrogens with zero attached hydrogens (tertiary/aromatic N) is 4. The van der Waals surface area contributed by atoms with Gasteiger partial charge in [0.1, 0.15) is 0 Å². The molecule has 0 saturated carbocycles. The molecule has 0 aliphatic heterocycles. The molecule has 11 rings (SSSR count). The molecule has 0 atom stereocenters. The van der Waals surface area contributed by atoms with Gasteiger partial charge in [-0.2, -0.15) is 0 Å². The van der Waals surface area contributed by atoms with Gasteiger partial charge in [-0.3, -0.25) is 0 Å². The van der Waals surface area contributed by atoms with E-state index in [1.807, 2.05) is 42.5 Å². The quantitative estimate of drug-likeness (QED) is 0.153. The Morgan fingerprint density at radius 2 is 0.913 bits per heavy atom. The highest BCUT2D eigenvalue weighted by atomic mass is 15.0. The van der Waals surface area contributed by atoms with Crippen molar-refractivity contribution in [2.24, 2.45) is 5.41 Å². The predicted octanol–water partition coefficient (Wildman–Crippen LogP) is 16.8. The number of rotatable bonds is 8. The largest absolute Gasteiger partial charge is 0.312 e. The van der Waals surface area contributed by atoms with Crippen molar-refractivity contribution in [3.05, 3.63) is 223 Å². The molecular weight excluding hydrogens is 837 g/mol. The summed E-state index contributed by atoms with van der Waals surface area (Å²) in [6.45, 7) is 14.0. The molecule has 1 aliphatic carbocycles. The van der Waals surface area contributed by atoms with Crippen molar-refractivity contribution in [2.45, 2.75) is 59.8 Å². The monoisotopic (exact) mass is 890 g/mol. The second-order valence-electron chi connectivity index (χ2n) is 20.3. The molecule has 0 N–H and O–H groups in total. The van der Waals surface area contributed by atoms with Crippen molar-refractivity contribution in [2.75, 3.05) is 0 Å². The summed E-state index contributed by atoms with van der Waals surface area (Å²) in [6.07, 6.45) is 4.39. The fraction of sp³-hybridized carbons (Fsp3) is 0.154. The summed E-state index contributed by atoms with van der Waals surface area (Å²) in [4.78, 5) is 15.7. The summed E-state index contributed by atoms with van der Waals surface area (Å²) < 4.78 is 2.57. The third kappa shape index (κ3) is 8.47. The molecule has 69 heavy (non-hydrogen) atoms. The Morgan fingerprint density at radius 3 is 1.46 bits per heavy atom. The minimum atomic E-state index is -0.0279. The summed E-state index contributed by atoms with van der Waals surface area (Å²) in [6, 6.07) is 73.9. The Bertz CT molecular complexity index is 3340. The molecule has 8 aromatic carbocycles. The summed E-state index contributed by atoms with van der Waals surface area (Å²) in [5, 5.41) is 1.27. The first-order chi connectivity index (χ1) is 33.5. The SMILES string of the molecule is CC(C)(C)C1=Cc2c(n(-c3c(-c4c#cc(-c5ccccc5)cc4)cc(-c4nc(-c5ccccc5)nc(-c5ccccc5)n4)cc3-c3ccc(-c4ccccc4)cc3)c3ccc(C(C)(C)C)cc23)CC1. The van der Waals surface area contributed by atoms with Gasteiger partial charge in [-0.1, -0.05) is 217 Å². The summed E-state index contributed by atoms with van der Waals surface area (Å²) >= 11 is 0. The van der Waals surface area contributed by atoms with Crippen LogP contribution in [0.3, 0.4) is 0 Å². The first-order valence-electron chi connectivity index (χ1n) is 24.1.